The number of halogens is 1. The smallest absolute Gasteiger partial charge is 0.275 e. The van der Waals surface area contributed by atoms with Crippen molar-refractivity contribution in [3.63, 3.8) is 0 Å². The van der Waals surface area contributed by atoms with E-state index in [4.69, 9.17) is 16.6 Å². The standard InChI is InChI=1S/C20H20ClN5O2S2/c1-11(2)6-7-25-18(28)15-5-4-13(21)8-16(15)23-19(25)29-10-14-9-17(27)26-20(22-14)30-12(3)24-26/h4-5,8-9,11H,6-7,10H2,1-3H3. The zero-order chi connectivity index (χ0) is 21.4. The lowest BCUT2D eigenvalue weighted by Gasteiger charge is -2.14. The van der Waals surface area contributed by atoms with Crippen molar-refractivity contribution in [2.45, 2.75) is 44.6 Å². The molecule has 3 heterocycles. The van der Waals surface area contributed by atoms with Gasteiger partial charge in [0.1, 0.15) is 5.01 Å². The zero-order valence-electron chi connectivity index (χ0n) is 16.8. The number of thioether (sulfide) groups is 1. The van der Waals surface area contributed by atoms with E-state index in [0.29, 0.717) is 50.0 Å². The molecule has 0 saturated heterocycles. The van der Waals surface area contributed by atoms with Gasteiger partial charge in [0.05, 0.1) is 16.6 Å². The molecule has 0 amide bonds. The molecule has 10 heteroatoms. The summed E-state index contributed by atoms with van der Waals surface area (Å²) in [6.07, 6.45) is 0.861. The third kappa shape index (κ3) is 4.28. The van der Waals surface area contributed by atoms with Crippen LogP contribution in [0.2, 0.25) is 5.02 Å². The van der Waals surface area contributed by atoms with Gasteiger partial charge in [-0.05, 0) is 37.5 Å². The van der Waals surface area contributed by atoms with Crippen LogP contribution < -0.4 is 11.1 Å². The zero-order valence-corrected chi connectivity index (χ0v) is 19.1. The monoisotopic (exact) mass is 461 g/mol. The number of aromatic nitrogens is 5. The Morgan fingerprint density at radius 2 is 2.00 bits per heavy atom. The number of hydrogen-bond donors (Lipinski definition) is 0. The number of hydrogen-bond acceptors (Lipinski definition) is 7. The van der Waals surface area contributed by atoms with Gasteiger partial charge in [0.25, 0.3) is 11.1 Å². The number of benzene rings is 1. The van der Waals surface area contributed by atoms with Crippen LogP contribution in [-0.2, 0) is 12.3 Å². The average Bonchev–Trinajstić information content (AvgIpc) is 3.06. The molecule has 0 unspecified atom stereocenters. The maximum Gasteiger partial charge on any atom is 0.275 e. The molecule has 0 radical (unpaired) electrons. The fourth-order valence-electron chi connectivity index (χ4n) is 3.03. The molecular formula is C20H20ClN5O2S2. The number of rotatable bonds is 6. The SMILES string of the molecule is Cc1nn2c(=O)cc(CSc3nc4cc(Cl)ccc4c(=O)n3CCC(C)C)nc2s1. The Bertz CT molecular complexity index is 1360. The molecule has 0 N–H and O–H groups in total. The summed E-state index contributed by atoms with van der Waals surface area (Å²) in [6, 6.07) is 6.60. The molecule has 3 aromatic heterocycles. The summed E-state index contributed by atoms with van der Waals surface area (Å²) in [5, 5.41) is 6.62. The Balaban J connectivity index is 1.72. The van der Waals surface area contributed by atoms with Crippen LogP contribution in [0.3, 0.4) is 0 Å². The minimum absolute atomic E-state index is 0.0821. The maximum atomic E-state index is 13.1. The van der Waals surface area contributed by atoms with Crippen LogP contribution in [0.4, 0.5) is 0 Å². The minimum atomic E-state index is -0.213. The highest BCUT2D eigenvalue weighted by Crippen LogP contribution is 2.24. The molecule has 4 rings (SSSR count). The molecule has 0 spiro atoms. The van der Waals surface area contributed by atoms with E-state index in [-0.39, 0.29) is 11.1 Å². The van der Waals surface area contributed by atoms with Crippen LogP contribution >= 0.6 is 34.7 Å². The summed E-state index contributed by atoms with van der Waals surface area (Å²) >= 11 is 8.87. The summed E-state index contributed by atoms with van der Waals surface area (Å²) in [5.74, 6) is 0.873. The third-order valence-electron chi connectivity index (χ3n) is 4.56. The minimum Gasteiger partial charge on any atom is -0.287 e. The lowest BCUT2D eigenvalue weighted by Crippen LogP contribution is -2.24. The number of fused-ring (bicyclic) bond motifs is 2. The second-order valence-corrected chi connectivity index (χ2v) is 9.92. The van der Waals surface area contributed by atoms with Crippen molar-refractivity contribution in [2.24, 2.45) is 5.92 Å². The molecule has 0 aliphatic heterocycles. The van der Waals surface area contributed by atoms with Gasteiger partial charge in [-0.2, -0.15) is 9.61 Å². The van der Waals surface area contributed by atoms with Crippen LogP contribution in [0, 0.1) is 12.8 Å². The summed E-state index contributed by atoms with van der Waals surface area (Å²) in [5.41, 5.74) is 0.902. The fraction of sp³-hybridized carbons (Fsp3) is 0.350. The number of nitrogens with zero attached hydrogens (tertiary/aromatic N) is 5. The summed E-state index contributed by atoms with van der Waals surface area (Å²) < 4.78 is 3.02. The Hall–Kier alpha value is -2.23. The molecule has 0 aliphatic carbocycles. The normalized spacial score (nSPS) is 11.8. The predicted molar refractivity (Wildman–Crippen MR) is 122 cm³/mol. The lowest BCUT2D eigenvalue weighted by molar-refractivity contribution is 0.481. The first-order chi connectivity index (χ1) is 14.3. The molecule has 156 valence electrons. The average molecular weight is 462 g/mol. The Morgan fingerprint density at radius 1 is 1.20 bits per heavy atom. The van der Waals surface area contributed by atoms with Gasteiger partial charge < -0.3 is 0 Å². The van der Waals surface area contributed by atoms with E-state index >= 15 is 0 Å². The van der Waals surface area contributed by atoms with Gasteiger partial charge in [-0.3, -0.25) is 14.2 Å². The molecule has 0 saturated carbocycles. The Morgan fingerprint density at radius 3 is 2.77 bits per heavy atom. The van der Waals surface area contributed by atoms with Crippen molar-refractivity contribution in [3.8, 4) is 0 Å². The molecule has 4 aromatic rings. The van der Waals surface area contributed by atoms with E-state index in [1.54, 1.807) is 22.8 Å². The molecule has 1 aromatic carbocycles. The largest absolute Gasteiger partial charge is 0.287 e. The van der Waals surface area contributed by atoms with Gasteiger partial charge >= 0.3 is 0 Å². The molecule has 0 bridgehead atoms. The highest BCUT2D eigenvalue weighted by Gasteiger charge is 2.14. The topological polar surface area (TPSA) is 82.2 Å². The van der Waals surface area contributed by atoms with E-state index < -0.39 is 0 Å². The Labute approximate surface area is 185 Å². The molecule has 0 fully saturated rings. The highest BCUT2D eigenvalue weighted by atomic mass is 35.5. The molecule has 30 heavy (non-hydrogen) atoms. The first kappa shape index (κ1) is 21.0. The van der Waals surface area contributed by atoms with Crippen molar-refractivity contribution in [2.75, 3.05) is 0 Å². The van der Waals surface area contributed by atoms with Gasteiger partial charge in [0.15, 0.2) is 5.16 Å². The lowest BCUT2D eigenvalue weighted by atomic mass is 10.1. The second-order valence-electron chi connectivity index (χ2n) is 7.39. The van der Waals surface area contributed by atoms with Crippen molar-refractivity contribution in [1.29, 1.82) is 0 Å². The van der Waals surface area contributed by atoms with E-state index in [0.717, 1.165) is 11.4 Å². The van der Waals surface area contributed by atoms with Crippen molar-refractivity contribution >= 4 is 50.6 Å². The van der Waals surface area contributed by atoms with Crippen LogP contribution in [0.15, 0.2) is 39.0 Å². The van der Waals surface area contributed by atoms with E-state index in [1.807, 2.05) is 6.92 Å². The quantitative estimate of drug-likeness (QED) is 0.316. The van der Waals surface area contributed by atoms with Crippen LogP contribution in [0.5, 0.6) is 0 Å². The van der Waals surface area contributed by atoms with Gasteiger partial charge in [0.2, 0.25) is 4.96 Å². The van der Waals surface area contributed by atoms with Crippen molar-refractivity contribution in [3.05, 3.63) is 60.7 Å². The summed E-state index contributed by atoms with van der Waals surface area (Å²) in [6.45, 7) is 6.66. The Kier molecular flexibility index (Phi) is 5.95. The molecular weight excluding hydrogens is 442 g/mol. The summed E-state index contributed by atoms with van der Waals surface area (Å²) in [4.78, 5) is 35.2. The first-order valence-corrected chi connectivity index (χ1v) is 11.7. The van der Waals surface area contributed by atoms with Crippen molar-refractivity contribution in [1.82, 2.24) is 24.1 Å². The van der Waals surface area contributed by atoms with Crippen LogP contribution in [0.25, 0.3) is 15.9 Å². The predicted octanol–water partition coefficient (Wildman–Crippen LogP) is 4.16. The fourth-order valence-corrected chi connectivity index (χ4v) is 4.88. The van der Waals surface area contributed by atoms with Gasteiger partial charge in [-0.1, -0.05) is 48.5 Å². The van der Waals surface area contributed by atoms with Crippen LogP contribution in [-0.4, -0.2) is 24.1 Å². The van der Waals surface area contributed by atoms with Gasteiger partial charge in [0, 0.05) is 23.4 Å². The maximum absolute atomic E-state index is 13.1. The molecule has 0 atom stereocenters. The second kappa shape index (κ2) is 8.49. The van der Waals surface area contributed by atoms with Crippen LogP contribution in [0.1, 0.15) is 31.0 Å². The van der Waals surface area contributed by atoms with E-state index in [2.05, 4.69) is 23.9 Å². The summed E-state index contributed by atoms with van der Waals surface area (Å²) in [7, 11) is 0. The third-order valence-corrected chi connectivity index (χ3v) is 6.63. The number of aryl methyl sites for hydroxylation is 1. The highest BCUT2D eigenvalue weighted by molar-refractivity contribution is 7.98. The van der Waals surface area contributed by atoms with E-state index in [1.165, 1.54) is 33.7 Å². The molecule has 0 aliphatic rings. The van der Waals surface area contributed by atoms with E-state index in [9.17, 15) is 9.59 Å². The molecule has 7 nitrogen and oxygen atoms in total. The first-order valence-electron chi connectivity index (χ1n) is 9.51. The van der Waals surface area contributed by atoms with Crippen molar-refractivity contribution < 1.29 is 0 Å². The van der Waals surface area contributed by atoms with Gasteiger partial charge in [-0.15, -0.1) is 0 Å². The van der Waals surface area contributed by atoms with Gasteiger partial charge in [-0.25, -0.2) is 9.97 Å².